The average Bonchev–Trinajstić information content (AvgIpc) is 2.03. The first kappa shape index (κ1) is 8.47. The van der Waals surface area contributed by atoms with Gasteiger partial charge in [0.15, 0.2) is 5.69 Å². The lowest BCUT2D eigenvalue weighted by Crippen LogP contribution is -2.01. The maximum atomic E-state index is 11.7. The Bertz CT molecular complexity index is 306. The topological polar surface area (TPSA) is 13.6 Å². The van der Waals surface area contributed by atoms with E-state index in [2.05, 4.69) is 9.58 Å². The molecule has 0 N–H and O–H groups in total. The van der Waals surface area contributed by atoms with Crippen LogP contribution in [0.1, 0.15) is 0 Å². The van der Waals surface area contributed by atoms with E-state index in [4.69, 9.17) is 6.57 Å². The molecular formula is C8H5F2NO. The molecular weight excluding hydrogens is 163 g/mol. The van der Waals surface area contributed by atoms with Crippen molar-refractivity contribution in [1.82, 2.24) is 0 Å². The number of alkyl halides is 2. The summed E-state index contributed by atoms with van der Waals surface area (Å²) in [7, 11) is 0. The van der Waals surface area contributed by atoms with E-state index in [-0.39, 0.29) is 11.4 Å². The average molecular weight is 168 g/mol. The molecule has 1 rings (SSSR count). The maximum absolute atomic E-state index is 11.7. The van der Waals surface area contributed by atoms with Crippen molar-refractivity contribution in [2.75, 3.05) is 0 Å². The second-order valence-electron chi connectivity index (χ2n) is 1.99. The van der Waals surface area contributed by atoms with Crippen molar-refractivity contribution in [1.29, 1.82) is 0 Å². The van der Waals surface area contributed by atoms with Gasteiger partial charge in [-0.05, 0) is 12.1 Å². The van der Waals surface area contributed by atoms with Crippen LogP contribution in [0, 0.1) is 6.57 Å². The Morgan fingerprint density at radius 2 is 2.17 bits per heavy atom. The Hall–Kier alpha value is -1.63. The molecule has 12 heavy (non-hydrogen) atoms. The van der Waals surface area contributed by atoms with Gasteiger partial charge < -0.3 is 4.74 Å². The van der Waals surface area contributed by atoms with Crippen molar-refractivity contribution in [3.63, 3.8) is 0 Å². The molecule has 0 bridgehead atoms. The molecule has 2 nitrogen and oxygen atoms in total. The molecule has 0 fully saturated rings. The zero-order chi connectivity index (χ0) is 8.97. The molecule has 0 amide bonds. The second-order valence-corrected chi connectivity index (χ2v) is 1.99. The molecule has 0 aliphatic heterocycles. The van der Waals surface area contributed by atoms with Gasteiger partial charge in [-0.3, -0.25) is 0 Å². The number of benzene rings is 1. The number of nitrogens with zero attached hydrogens (tertiary/aromatic N) is 1. The predicted octanol–water partition coefficient (Wildman–Crippen LogP) is 2.84. The molecule has 0 aromatic heterocycles. The van der Waals surface area contributed by atoms with Gasteiger partial charge in [0.25, 0.3) is 0 Å². The van der Waals surface area contributed by atoms with Gasteiger partial charge in [-0.25, -0.2) is 4.85 Å². The number of ether oxygens (including phenoxy) is 1. The van der Waals surface area contributed by atoms with Crippen molar-refractivity contribution in [3.05, 3.63) is 35.7 Å². The molecule has 0 aliphatic carbocycles. The summed E-state index contributed by atoms with van der Waals surface area (Å²) in [6.07, 6.45) is 0. The van der Waals surface area contributed by atoms with E-state index >= 15 is 0 Å². The lowest BCUT2D eigenvalue weighted by atomic mass is 10.3. The van der Waals surface area contributed by atoms with E-state index in [1.54, 1.807) is 0 Å². The Kier molecular flexibility index (Phi) is 2.59. The third-order valence-corrected chi connectivity index (χ3v) is 1.17. The number of hydrogen-bond donors (Lipinski definition) is 0. The SMILES string of the molecule is [C-]#[N+]c1cccc(OC(F)[18F])c1. The van der Waals surface area contributed by atoms with Gasteiger partial charge in [0.05, 0.1) is 6.57 Å². The van der Waals surface area contributed by atoms with E-state index in [9.17, 15) is 8.78 Å². The highest BCUT2D eigenvalue weighted by Crippen LogP contribution is 2.20. The zero-order valence-electron chi connectivity index (χ0n) is 6.00. The van der Waals surface area contributed by atoms with Gasteiger partial charge in [-0.1, -0.05) is 12.1 Å². The Balaban J connectivity index is 2.81. The molecule has 0 radical (unpaired) electrons. The third-order valence-electron chi connectivity index (χ3n) is 1.17. The monoisotopic (exact) mass is 168 g/mol. The lowest BCUT2D eigenvalue weighted by Gasteiger charge is -2.03. The predicted molar refractivity (Wildman–Crippen MR) is 39.3 cm³/mol. The van der Waals surface area contributed by atoms with Gasteiger partial charge in [-0.15, -0.1) is 0 Å². The fourth-order valence-electron chi connectivity index (χ4n) is 0.729. The third kappa shape index (κ3) is 2.20. The molecule has 1 aromatic carbocycles. The van der Waals surface area contributed by atoms with Crippen LogP contribution in [0.2, 0.25) is 0 Å². The Morgan fingerprint density at radius 1 is 1.42 bits per heavy atom. The molecule has 1 aromatic rings. The van der Waals surface area contributed by atoms with Crippen LogP contribution in [0.3, 0.4) is 0 Å². The van der Waals surface area contributed by atoms with Crippen LogP contribution >= 0.6 is 0 Å². The summed E-state index contributed by atoms with van der Waals surface area (Å²) >= 11 is 0. The smallest absolute Gasteiger partial charge is 0.387 e. The fraction of sp³-hybridized carbons (Fsp3) is 0.125. The molecule has 0 aliphatic rings. The molecule has 1 unspecified atom stereocenters. The minimum absolute atomic E-state index is 0.0125. The first-order chi connectivity index (χ1) is 5.72. The Labute approximate surface area is 68.2 Å². The van der Waals surface area contributed by atoms with Crippen LogP contribution in [-0.4, -0.2) is 6.61 Å². The van der Waals surface area contributed by atoms with Crippen molar-refractivity contribution >= 4 is 5.69 Å². The number of halogens is 2. The highest BCUT2D eigenvalue weighted by molar-refractivity contribution is 5.48. The Morgan fingerprint density at radius 3 is 2.75 bits per heavy atom. The minimum atomic E-state index is -2.84. The van der Waals surface area contributed by atoms with E-state index in [0.29, 0.717) is 0 Å². The first-order valence-corrected chi connectivity index (χ1v) is 3.14. The summed E-state index contributed by atoms with van der Waals surface area (Å²) in [6.45, 7) is 3.76. The van der Waals surface area contributed by atoms with Crippen molar-refractivity contribution < 1.29 is 13.5 Å². The standard InChI is InChI=1S/C8H5F2NO/c1-11-6-3-2-4-7(5-6)12-8(9)10/h2-5,8H/i9-1. The first-order valence-electron chi connectivity index (χ1n) is 3.14. The second kappa shape index (κ2) is 3.67. The van der Waals surface area contributed by atoms with Crippen molar-refractivity contribution in [3.8, 4) is 5.75 Å². The van der Waals surface area contributed by atoms with E-state index in [1.165, 1.54) is 24.3 Å². The highest BCUT2D eigenvalue weighted by atomic mass is 19.2. The summed E-state index contributed by atoms with van der Waals surface area (Å²) < 4.78 is 27.4. The maximum Gasteiger partial charge on any atom is 0.387 e. The highest BCUT2D eigenvalue weighted by Gasteiger charge is 2.03. The minimum Gasteiger partial charge on any atom is -0.436 e. The molecule has 0 spiro atoms. The van der Waals surface area contributed by atoms with Gasteiger partial charge in [0, 0.05) is 0 Å². The van der Waals surface area contributed by atoms with Crippen molar-refractivity contribution in [2.45, 2.75) is 6.61 Å². The van der Waals surface area contributed by atoms with Gasteiger partial charge >= 0.3 is 6.61 Å². The molecule has 4 heteroatoms. The summed E-state index contributed by atoms with van der Waals surface area (Å²) in [6, 6.07) is 5.65. The fourth-order valence-corrected chi connectivity index (χ4v) is 0.729. The van der Waals surface area contributed by atoms with E-state index in [1.807, 2.05) is 0 Å². The van der Waals surface area contributed by atoms with Crippen LogP contribution in [-0.2, 0) is 0 Å². The normalized spacial score (nSPS) is 11.8. The lowest BCUT2D eigenvalue weighted by molar-refractivity contribution is -0.0497. The van der Waals surface area contributed by atoms with Gasteiger partial charge in [-0.2, -0.15) is 8.78 Å². The summed E-state index contributed by atoms with van der Waals surface area (Å²) in [5.74, 6) is 0.0125. The molecule has 62 valence electrons. The molecule has 0 heterocycles. The quantitative estimate of drug-likeness (QED) is 0.619. The summed E-state index contributed by atoms with van der Waals surface area (Å²) in [5.41, 5.74) is 0.285. The van der Waals surface area contributed by atoms with Crippen LogP contribution in [0.25, 0.3) is 4.85 Å². The molecule has 0 saturated carbocycles. The van der Waals surface area contributed by atoms with Gasteiger partial charge in [0.1, 0.15) is 5.75 Å². The number of hydrogen-bond acceptors (Lipinski definition) is 1. The van der Waals surface area contributed by atoms with E-state index in [0.717, 1.165) is 0 Å². The van der Waals surface area contributed by atoms with Crippen LogP contribution in [0.15, 0.2) is 24.3 Å². The van der Waals surface area contributed by atoms with Gasteiger partial charge in [0.2, 0.25) is 0 Å². The van der Waals surface area contributed by atoms with Crippen molar-refractivity contribution in [2.24, 2.45) is 0 Å². The summed E-state index contributed by atoms with van der Waals surface area (Å²) in [5, 5.41) is 0. The largest absolute Gasteiger partial charge is 0.436 e. The molecule has 1 atom stereocenters. The van der Waals surface area contributed by atoms with Crippen LogP contribution < -0.4 is 4.74 Å². The van der Waals surface area contributed by atoms with E-state index < -0.39 is 6.61 Å². The van der Waals surface area contributed by atoms with Crippen LogP contribution in [0.5, 0.6) is 5.75 Å². The summed E-state index contributed by atoms with van der Waals surface area (Å²) in [4.78, 5) is 3.06. The van der Waals surface area contributed by atoms with Crippen LogP contribution in [0.4, 0.5) is 14.5 Å². The zero-order valence-corrected chi connectivity index (χ0v) is 6.00. The molecule has 0 saturated heterocycles. The number of rotatable bonds is 2.